The highest BCUT2D eigenvalue weighted by atomic mass is 32.1. The Morgan fingerprint density at radius 3 is 2.66 bits per heavy atom. The largest absolute Gasteiger partial charge is 0.493 e. The molecule has 3 atom stereocenters. The number of Topliss-reactive ketones (excluding diaryl/α,β-unsaturated/α-hetero) is 1. The van der Waals surface area contributed by atoms with Crippen LogP contribution in [0.1, 0.15) is 13.8 Å². The number of aromatic nitrogens is 1. The van der Waals surface area contributed by atoms with Crippen LogP contribution >= 0.6 is 12.2 Å². The van der Waals surface area contributed by atoms with E-state index in [1.807, 2.05) is 11.8 Å². The number of azo groups is 1. The van der Waals surface area contributed by atoms with E-state index in [2.05, 4.69) is 20.5 Å². The maximum absolute atomic E-state index is 16.0. The number of allylic oxidation sites excluding steroid dienone is 1. The van der Waals surface area contributed by atoms with E-state index in [1.165, 1.54) is 34.8 Å². The van der Waals surface area contributed by atoms with Crippen molar-refractivity contribution in [3.8, 4) is 5.88 Å². The average Bonchev–Trinajstić information content (AvgIpc) is 3.22. The van der Waals surface area contributed by atoms with Crippen molar-refractivity contribution in [1.29, 1.82) is 0 Å². The summed E-state index contributed by atoms with van der Waals surface area (Å²) in [4.78, 5) is 34.0. The number of nitrogens with zero attached hydrogens (tertiary/aromatic N) is 6. The first-order chi connectivity index (χ1) is 21.0. The fourth-order valence-electron chi connectivity index (χ4n) is 5.88. The monoisotopic (exact) mass is 633 g/mol. The van der Waals surface area contributed by atoms with Crippen molar-refractivity contribution < 1.29 is 37.8 Å². The average molecular weight is 634 g/mol. The molecule has 12 nitrogen and oxygen atoms in total. The van der Waals surface area contributed by atoms with Gasteiger partial charge in [0.25, 0.3) is 0 Å². The van der Waals surface area contributed by atoms with Gasteiger partial charge in [0.2, 0.25) is 11.0 Å². The normalized spacial score (nSPS) is 22.9. The first-order valence-corrected chi connectivity index (χ1v) is 14.1. The molecule has 0 radical (unpaired) electrons. The van der Waals surface area contributed by atoms with E-state index in [-0.39, 0.29) is 54.7 Å². The molecule has 1 fully saturated rings. The first-order valence-electron chi connectivity index (χ1n) is 13.7. The molecular formula is C28H30F3N7O5S. The van der Waals surface area contributed by atoms with Crippen molar-refractivity contribution in [1.82, 2.24) is 24.7 Å². The number of piperazine rings is 1. The number of benzene rings is 1. The number of likely N-dealkylation sites (N-methyl/N-ethyl adjacent to an activating group) is 1. The molecular weight excluding hydrogens is 603 g/mol. The van der Waals surface area contributed by atoms with Gasteiger partial charge in [0, 0.05) is 43.8 Å². The Morgan fingerprint density at radius 1 is 1.25 bits per heavy atom. The standard InChI is InChI=1S/C28H30F3N7O5S/c1-4-35-12-18(27(41)42)25(39)17-10-19(30)24(21(31)23(17)35)36-7-8-37(14(2)11-36)13-38-20-6-5-15(29)9-16(20)22(26(38)40)32-33-28(44)34-43-3/h5-6,9-10,12,14,17,23,40H,4,7-8,11,13H2,1-3H3,(H,34,44)(H,41,42). The second-order valence-electron chi connectivity index (χ2n) is 10.5. The van der Waals surface area contributed by atoms with Crippen molar-refractivity contribution in [3.63, 3.8) is 0 Å². The van der Waals surface area contributed by atoms with E-state index in [0.717, 1.165) is 12.3 Å². The molecule has 3 aliphatic rings. The second-order valence-corrected chi connectivity index (χ2v) is 10.9. The van der Waals surface area contributed by atoms with E-state index in [1.54, 1.807) is 11.8 Å². The molecule has 1 aromatic carbocycles. The van der Waals surface area contributed by atoms with Crippen molar-refractivity contribution in [2.75, 3.05) is 33.3 Å². The molecule has 16 heteroatoms. The van der Waals surface area contributed by atoms with Crippen molar-refractivity contribution in [2.45, 2.75) is 32.6 Å². The van der Waals surface area contributed by atoms with E-state index < -0.39 is 46.8 Å². The summed E-state index contributed by atoms with van der Waals surface area (Å²) in [6, 6.07) is 2.55. The highest BCUT2D eigenvalue weighted by Gasteiger charge is 2.46. The number of carboxylic acids is 1. The fourth-order valence-corrected chi connectivity index (χ4v) is 6.01. The van der Waals surface area contributed by atoms with Crippen LogP contribution in [0.2, 0.25) is 0 Å². The summed E-state index contributed by atoms with van der Waals surface area (Å²) in [5, 5.41) is 28.5. The topological polar surface area (TPSA) is 135 Å². The van der Waals surface area contributed by atoms with Gasteiger partial charge in [-0.2, -0.15) is 0 Å². The van der Waals surface area contributed by atoms with Crippen molar-refractivity contribution >= 4 is 45.7 Å². The molecule has 234 valence electrons. The fraction of sp³-hybridized carbons (Fsp3) is 0.393. The van der Waals surface area contributed by atoms with Crippen LogP contribution in [0, 0.1) is 11.7 Å². The quantitative estimate of drug-likeness (QED) is 0.179. The number of rotatable bonds is 7. The maximum Gasteiger partial charge on any atom is 0.340 e. The Kier molecular flexibility index (Phi) is 8.76. The Morgan fingerprint density at radius 2 is 2.00 bits per heavy atom. The van der Waals surface area contributed by atoms with Crippen LogP contribution < -0.4 is 5.48 Å². The summed E-state index contributed by atoms with van der Waals surface area (Å²) in [5.74, 6) is -6.17. The van der Waals surface area contributed by atoms with Gasteiger partial charge >= 0.3 is 5.97 Å². The third-order valence-electron chi connectivity index (χ3n) is 8.00. The molecule has 3 heterocycles. The molecule has 0 spiro atoms. The molecule has 1 saturated heterocycles. The summed E-state index contributed by atoms with van der Waals surface area (Å²) < 4.78 is 47.2. The van der Waals surface area contributed by atoms with Gasteiger partial charge in [-0.05, 0) is 50.3 Å². The molecule has 1 aromatic heterocycles. The van der Waals surface area contributed by atoms with E-state index in [0.29, 0.717) is 17.4 Å². The third-order valence-corrected chi connectivity index (χ3v) is 8.17. The lowest BCUT2D eigenvalue weighted by atomic mass is 9.82. The van der Waals surface area contributed by atoms with Crippen molar-refractivity contribution in [2.24, 2.45) is 16.1 Å². The predicted octanol–water partition coefficient (Wildman–Crippen LogP) is 3.88. The number of hydroxylamine groups is 1. The van der Waals surface area contributed by atoms with Crippen LogP contribution in [0.15, 0.2) is 63.6 Å². The summed E-state index contributed by atoms with van der Waals surface area (Å²) >= 11 is 4.97. The number of ketones is 1. The molecule has 0 bridgehead atoms. The number of carbonyl (C=O) groups excluding carboxylic acids is 1. The summed E-state index contributed by atoms with van der Waals surface area (Å²) in [5.41, 5.74) is 2.04. The van der Waals surface area contributed by atoms with Crippen LogP contribution in [0.3, 0.4) is 0 Å². The maximum atomic E-state index is 16.0. The zero-order chi connectivity index (χ0) is 31.9. The molecule has 2 aromatic rings. The van der Waals surface area contributed by atoms with E-state index in [9.17, 15) is 24.2 Å². The lowest BCUT2D eigenvalue weighted by Crippen LogP contribution is -2.53. The number of aromatic hydroxyl groups is 1. The number of fused-ring (bicyclic) bond motifs is 2. The Bertz CT molecular complexity index is 1660. The van der Waals surface area contributed by atoms with Crippen LogP contribution in [-0.4, -0.2) is 91.7 Å². The highest BCUT2D eigenvalue weighted by Crippen LogP contribution is 2.42. The number of carboxylic acid groups (broad SMARTS) is 1. The second kappa shape index (κ2) is 12.4. The molecule has 5 rings (SSSR count). The molecule has 0 amide bonds. The van der Waals surface area contributed by atoms with Gasteiger partial charge in [0.05, 0.1) is 31.3 Å². The zero-order valence-corrected chi connectivity index (χ0v) is 24.8. The Hall–Kier alpha value is -4.28. The third kappa shape index (κ3) is 5.55. The number of thiocarbonyl (C=S) groups is 1. The van der Waals surface area contributed by atoms with Gasteiger partial charge in [0.1, 0.15) is 28.7 Å². The molecule has 3 N–H and O–H groups in total. The predicted molar refractivity (Wildman–Crippen MR) is 156 cm³/mol. The molecule has 0 saturated carbocycles. The molecule has 44 heavy (non-hydrogen) atoms. The summed E-state index contributed by atoms with van der Waals surface area (Å²) in [7, 11) is 1.34. The molecule has 3 unspecified atom stereocenters. The Labute approximate surface area is 255 Å². The Balaban J connectivity index is 1.39. The van der Waals surface area contributed by atoms with Crippen LogP contribution in [0.25, 0.3) is 10.9 Å². The smallest absolute Gasteiger partial charge is 0.340 e. The summed E-state index contributed by atoms with van der Waals surface area (Å²) in [6.45, 7) is 4.65. The number of nitrogens with one attached hydrogen (secondary N) is 1. The van der Waals surface area contributed by atoms with Crippen LogP contribution in [-0.2, 0) is 21.1 Å². The first kappa shape index (κ1) is 31.2. The van der Waals surface area contributed by atoms with Gasteiger partial charge in [0.15, 0.2) is 11.5 Å². The van der Waals surface area contributed by atoms with Crippen LogP contribution in [0.4, 0.5) is 18.9 Å². The molecule has 2 aliphatic heterocycles. The van der Waals surface area contributed by atoms with Gasteiger partial charge in [-0.15, -0.1) is 10.2 Å². The SMILES string of the molecule is CCN1C=C(C(=O)O)C(=O)C2C=C(F)C(N3CCN(Cn4c(O)c(N=NC(=S)NOC)c5cc(F)ccc54)C(C)C3)=C(F)C21. The molecule has 1 aliphatic carbocycles. The van der Waals surface area contributed by atoms with E-state index in [4.69, 9.17) is 12.2 Å². The number of halogens is 3. The highest BCUT2D eigenvalue weighted by molar-refractivity contribution is 7.80. The minimum Gasteiger partial charge on any atom is -0.493 e. The number of aliphatic carboxylic acids is 1. The van der Waals surface area contributed by atoms with Gasteiger partial charge in [-0.1, -0.05) is 0 Å². The number of hydrogen-bond acceptors (Lipinski definition) is 9. The van der Waals surface area contributed by atoms with Gasteiger partial charge < -0.3 is 20.0 Å². The van der Waals surface area contributed by atoms with Crippen LogP contribution in [0.5, 0.6) is 5.88 Å². The van der Waals surface area contributed by atoms with E-state index >= 15 is 8.78 Å². The zero-order valence-electron chi connectivity index (χ0n) is 24.0. The van der Waals surface area contributed by atoms with Gasteiger partial charge in [-0.3, -0.25) is 19.1 Å². The lowest BCUT2D eigenvalue weighted by molar-refractivity contribution is -0.136. The van der Waals surface area contributed by atoms with Crippen molar-refractivity contribution in [3.05, 3.63) is 59.2 Å². The number of carbonyl (C=O) groups is 2. The lowest BCUT2D eigenvalue weighted by Gasteiger charge is -2.45. The summed E-state index contributed by atoms with van der Waals surface area (Å²) in [6.07, 6.45) is 2.13. The van der Waals surface area contributed by atoms with Gasteiger partial charge in [-0.25, -0.2) is 23.4 Å². The minimum absolute atomic E-state index is 0.00449. The minimum atomic E-state index is -1.45. The number of hydrogen-bond donors (Lipinski definition) is 3.